The van der Waals surface area contributed by atoms with Crippen molar-refractivity contribution in [3.8, 4) is 0 Å². The van der Waals surface area contributed by atoms with Gasteiger partial charge in [0.05, 0.1) is 0 Å². The lowest BCUT2D eigenvalue weighted by Crippen LogP contribution is -2.18. The van der Waals surface area contributed by atoms with Gasteiger partial charge in [-0.25, -0.2) is 14.8 Å². The minimum absolute atomic E-state index is 0.0311. The van der Waals surface area contributed by atoms with Crippen LogP contribution in [0.3, 0.4) is 0 Å². The van der Waals surface area contributed by atoms with Crippen LogP contribution in [0.1, 0.15) is 36.7 Å². The van der Waals surface area contributed by atoms with Gasteiger partial charge in [0.2, 0.25) is 5.95 Å². The fourth-order valence-corrected chi connectivity index (χ4v) is 2.07. The highest BCUT2D eigenvalue weighted by atomic mass is 16.4. The van der Waals surface area contributed by atoms with Gasteiger partial charge in [-0.3, -0.25) is 0 Å². The number of rotatable bonds is 3. The van der Waals surface area contributed by atoms with Crippen molar-refractivity contribution in [2.75, 3.05) is 5.32 Å². The van der Waals surface area contributed by atoms with Crippen molar-refractivity contribution in [1.29, 1.82) is 0 Å². The number of hydrogen-bond acceptors (Lipinski definition) is 4. The normalized spacial score (nSPS) is 24.3. The maximum atomic E-state index is 10.7. The van der Waals surface area contributed by atoms with Gasteiger partial charge in [0.15, 0.2) is 5.69 Å². The average Bonchev–Trinajstić information content (AvgIpc) is 2.64. The number of aromatic carboxylic acids is 1. The Morgan fingerprint density at radius 1 is 1.56 bits per heavy atom. The Labute approximate surface area is 93.9 Å². The molecule has 2 N–H and O–H groups in total. The Morgan fingerprint density at radius 3 is 3.00 bits per heavy atom. The smallest absolute Gasteiger partial charge is 0.354 e. The third-order valence-corrected chi connectivity index (χ3v) is 2.90. The van der Waals surface area contributed by atoms with Gasteiger partial charge < -0.3 is 10.4 Å². The SMILES string of the molecule is CC1CCC(Nc2nccc(C(=O)O)n2)C1. The van der Waals surface area contributed by atoms with Gasteiger partial charge >= 0.3 is 5.97 Å². The summed E-state index contributed by atoms with van der Waals surface area (Å²) in [6.07, 6.45) is 4.87. The van der Waals surface area contributed by atoms with E-state index in [0.29, 0.717) is 12.0 Å². The summed E-state index contributed by atoms with van der Waals surface area (Å²) in [5, 5.41) is 12.0. The van der Waals surface area contributed by atoms with Gasteiger partial charge in [-0.2, -0.15) is 0 Å². The molecular formula is C11H15N3O2. The number of carboxylic acids is 1. The molecule has 2 rings (SSSR count). The third-order valence-electron chi connectivity index (χ3n) is 2.90. The molecule has 16 heavy (non-hydrogen) atoms. The number of nitrogens with zero attached hydrogens (tertiary/aromatic N) is 2. The topological polar surface area (TPSA) is 75.1 Å². The fraction of sp³-hybridized carbons (Fsp3) is 0.545. The van der Waals surface area contributed by atoms with Crippen LogP contribution in [0.4, 0.5) is 5.95 Å². The van der Waals surface area contributed by atoms with Gasteiger partial charge in [0, 0.05) is 12.2 Å². The standard InChI is InChI=1S/C11H15N3O2/c1-7-2-3-8(6-7)13-11-12-5-4-9(14-11)10(15)16/h4-5,7-8H,2-3,6H2,1H3,(H,15,16)(H,12,13,14). The molecule has 0 saturated heterocycles. The van der Waals surface area contributed by atoms with Gasteiger partial charge in [-0.1, -0.05) is 6.92 Å². The Balaban J connectivity index is 2.04. The number of anilines is 1. The third kappa shape index (κ3) is 2.48. The molecule has 2 unspecified atom stereocenters. The van der Waals surface area contributed by atoms with Crippen molar-refractivity contribution >= 4 is 11.9 Å². The summed E-state index contributed by atoms with van der Waals surface area (Å²) in [5.74, 6) is 0.115. The second-order valence-corrected chi connectivity index (χ2v) is 4.33. The van der Waals surface area contributed by atoms with Crippen LogP contribution in [0, 0.1) is 5.92 Å². The van der Waals surface area contributed by atoms with Gasteiger partial charge in [-0.05, 0) is 31.2 Å². The highest BCUT2D eigenvalue weighted by Crippen LogP contribution is 2.26. The summed E-state index contributed by atoms with van der Waals surface area (Å²) in [6.45, 7) is 2.22. The van der Waals surface area contributed by atoms with Crippen LogP contribution in [0.25, 0.3) is 0 Å². The molecule has 1 aliphatic rings. The molecule has 5 nitrogen and oxygen atoms in total. The lowest BCUT2D eigenvalue weighted by molar-refractivity contribution is 0.0690. The number of carbonyl (C=O) groups is 1. The van der Waals surface area contributed by atoms with E-state index in [4.69, 9.17) is 5.11 Å². The molecule has 0 spiro atoms. The van der Waals surface area contributed by atoms with E-state index in [-0.39, 0.29) is 5.69 Å². The van der Waals surface area contributed by atoms with Crippen LogP contribution in [-0.4, -0.2) is 27.1 Å². The number of hydrogen-bond donors (Lipinski definition) is 2. The quantitative estimate of drug-likeness (QED) is 0.813. The van der Waals surface area contributed by atoms with E-state index in [1.165, 1.54) is 18.7 Å². The van der Waals surface area contributed by atoms with Crippen molar-refractivity contribution < 1.29 is 9.90 Å². The first-order valence-electron chi connectivity index (χ1n) is 5.48. The average molecular weight is 221 g/mol. The van der Waals surface area contributed by atoms with E-state index in [1.54, 1.807) is 0 Å². The summed E-state index contributed by atoms with van der Waals surface area (Å²) in [6, 6.07) is 1.77. The van der Waals surface area contributed by atoms with Crippen molar-refractivity contribution in [2.45, 2.75) is 32.2 Å². The van der Waals surface area contributed by atoms with E-state index in [9.17, 15) is 4.79 Å². The Kier molecular flexibility index (Phi) is 3.03. The van der Waals surface area contributed by atoms with Crippen LogP contribution < -0.4 is 5.32 Å². The number of nitrogens with one attached hydrogen (secondary N) is 1. The zero-order valence-corrected chi connectivity index (χ0v) is 9.18. The maximum absolute atomic E-state index is 10.7. The molecule has 5 heteroatoms. The lowest BCUT2D eigenvalue weighted by atomic mass is 10.1. The Bertz CT molecular complexity index is 395. The number of carboxylic acid groups (broad SMARTS) is 1. The van der Waals surface area contributed by atoms with E-state index >= 15 is 0 Å². The largest absolute Gasteiger partial charge is 0.477 e. The lowest BCUT2D eigenvalue weighted by Gasteiger charge is -2.11. The summed E-state index contributed by atoms with van der Waals surface area (Å²) in [5.41, 5.74) is 0.0311. The van der Waals surface area contributed by atoms with E-state index in [0.717, 1.165) is 18.8 Å². The van der Waals surface area contributed by atoms with Crippen molar-refractivity contribution in [1.82, 2.24) is 9.97 Å². The molecule has 0 aliphatic heterocycles. The minimum atomic E-state index is -1.02. The second-order valence-electron chi connectivity index (χ2n) is 4.33. The Hall–Kier alpha value is -1.65. The minimum Gasteiger partial charge on any atom is -0.477 e. The zero-order chi connectivity index (χ0) is 11.5. The fourth-order valence-electron chi connectivity index (χ4n) is 2.07. The molecule has 1 aromatic rings. The van der Waals surface area contributed by atoms with Crippen LogP contribution in [-0.2, 0) is 0 Å². The molecule has 2 atom stereocenters. The molecule has 0 radical (unpaired) electrons. The zero-order valence-electron chi connectivity index (χ0n) is 9.18. The number of aromatic nitrogens is 2. The van der Waals surface area contributed by atoms with Crippen LogP contribution >= 0.6 is 0 Å². The Morgan fingerprint density at radius 2 is 2.38 bits per heavy atom. The molecule has 0 amide bonds. The first-order chi connectivity index (χ1) is 7.65. The summed E-state index contributed by atoms with van der Waals surface area (Å²) < 4.78 is 0. The molecule has 0 aromatic carbocycles. The highest BCUT2D eigenvalue weighted by molar-refractivity contribution is 5.85. The van der Waals surface area contributed by atoms with Crippen LogP contribution in [0.5, 0.6) is 0 Å². The molecule has 0 bridgehead atoms. The summed E-state index contributed by atoms with van der Waals surface area (Å²) >= 11 is 0. The summed E-state index contributed by atoms with van der Waals surface area (Å²) in [7, 11) is 0. The van der Waals surface area contributed by atoms with Crippen molar-refractivity contribution in [3.63, 3.8) is 0 Å². The van der Waals surface area contributed by atoms with Gasteiger partial charge in [-0.15, -0.1) is 0 Å². The monoisotopic (exact) mass is 221 g/mol. The van der Waals surface area contributed by atoms with Crippen molar-refractivity contribution in [3.05, 3.63) is 18.0 Å². The van der Waals surface area contributed by atoms with Crippen LogP contribution in [0.15, 0.2) is 12.3 Å². The first-order valence-corrected chi connectivity index (χ1v) is 5.48. The molecule has 1 fully saturated rings. The molecule has 1 heterocycles. The molecule has 86 valence electrons. The molecule has 1 aromatic heterocycles. The van der Waals surface area contributed by atoms with Gasteiger partial charge in [0.1, 0.15) is 0 Å². The predicted molar refractivity (Wildman–Crippen MR) is 59.4 cm³/mol. The summed E-state index contributed by atoms with van der Waals surface area (Å²) in [4.78, 5) is 18.7. The van der Waals surface area contributed by atoms with E-state index < -0.39 is 5.97 Å². The van der Waals surface area contributed by atoms with E-state index in [2.05, 4.69) is 22.2 Å². The van der Waals surface area contributed by atoms with Crippen LogP contribution in [0.2, 0.25) is 0 Å². The molecule has 1 aliphatic carbocycles. The predicted octanol–water partition coefficient (Wildman–Crippen LogP) is 1.78. The molecule has 1 saturated carbocycles. The second kappa shape index (κ2) is 4.47. The van der Waals surface area contributed by atoms with E-state index in [1.807, 2.05) is 0 Å². The molecular weight excluding hydrogens is 206 g/mol. The maximum Gasteiger partial charge on any atom is 0.354 e. The first kappa shape index (κ1) is 10.9. The van der Waals surface area contributed by atoms with Gasteiger partial charge in [0.25, 0.3) is 0 Å². The van der Waals surface area contributed by atoms with Crippen molar-refractivity contribution in [2.24, 2.45) is 5.92 Å². The highest BCUT2D eigenvalue weighted by Gasteiger charge is 2.21.